The lowest BCUT2D eigenvalue weighted by molar-refractivity contribution is 0.0498. The largest absolute Gasteiger partial charge is 0.494 e. The normalized spacial score (nSPS) is 10.3. The van der Waals surface area contributed by atoms with Crippen LogP contribution in [0.25, 0.3) is 0 Å². The summed E-state index contributed by atoms with van der Waals surface area (Å²) in [5.74, 6) is 0.443. The first kappa shape index (κ1) is 16.5. The monoisotopic (exact) mass is 280 g/mol. The van der Waals surface area contributed by atoms with Crippen LogP contribution in [-0.4, -0.2) is 30.9 Å². The zero-order valence-electron chi connectivity index (χ0n) is 12.1. The molecule has 0 amide bonds. The molecule has 0 aliphatic rings. The molecule has 0 bridgehead atoms. The van der Waals surface area contributed by atoms with Crippen molar-refractivity contribution in [1.29, 1.82) is 0 Å². The second kappa shape index (κ2) is 10.3. The SMILES string of the molecule is CCCCCOC(=O)c1ccc(OCCCCO)cc1. The number of esters is 1. The standard InChI is InChI=1S/C16H24O4/c1-2-3-5-13-20-16(18)14-7-9-15(10-8-14)19-12-6-4-11-17/h7-10,17H,2-6,11-13H2,1H3. The van der Waals surface area contributed by atoms with Crippen LogP contribution < -0.4 is 4.74 Å². The molecular weight excluding hydrogens is 256 g/mol. The van der Waals surface area contributed by atoms with Crippen molar-refractivity contribution in [3.63, 3.8) is 0 Å². The summed E-state index contributed by atoms with van der Waals surface area (Å²) in [5.41, 5.74) is 0.546. The van der Waals surface area contributed by atoms with Crippen LogP contribution >= 0.6 is 0 Å². The fourth-order valence-corrected chi connectivity index (χ4v) is 1.69. The maximum absolute atomic E-state index is 11.7. The highest BCUT2D eigenvalue weighted by Gasteiger charge is 2.06. The third-order valence-corrected chi connectivity index (χ3v) is 2.89. The predicted octanol–water partition coefficient (Wildman–Crippen LogP) is 3.18. The van der Waals surface area contributed by atoms with E-state index in [0.717, 1.165) is 37.9 Å². The molecular formula is C16H24O4. The Labute approximate surface area is 120 Å². The molecule has 0 aromatic heterocycles. The fraction of sp³-hybridized carbons (Fsp3) is 0.562. The third-order valence-electron chi connectivity index (χ3n) is 2.89. The predicted molar refractivity (Wildman–Crippen MR) is 78.1 cm³/mol. The van der Waals surface area contributed by atoms with Crippen molar-refractivity contribution in [1.82, 2.24) is 0 Å². The molecule has 0 atom stereocenters. The highest BCUT2D eigenvalue weighted by molar-refractivity contribution is 5.89. The summed E-state index contributed by atoms with van der Waals surface area (Å²) < 4.78 is 10.7. The number of carbonyl (C=O) groups excluding carboxylic acids is 1. The summed E-state index contributed by atoms with van der Waals surface area (Å²) in [7, 11) is 0. The second-order valence-electron chi connectivity index (χ2n) is 4.65. The van der Waals surface area contributed by atoms with Crippen molar-refractivity contribution in [2.24, 2.45) is 0 Å². The van der Waals surface area contributed by atoms with E-state index in [1.807, 2.05) is 0 Å². The van der Waals surface area contributed by atoms with E-state index < -0.39 is 0 Å². The molecule has 0 aliphatic heterocycles. The van der Waals surface area contributed by atoms with E-state index >= 15 is 0 Å². The van der Waals surface area contributed by atoms with Crippen molar-refractivity contribution in [2.75, 3.05) is 19.8 Å². The van der Waals surface area contributed by atoms with Crippen LogP contribution in [0, 0.1) is 0 Å². The molecule has 0 radical (unpaired) electrons. The lowest BCUT2D eigenvalue weighted by Crippen LogP contribution is -2.06. The summed E-state index contributed by atoms with van der Waals surface area (Å²) in [6, 6.07) is 6.95. The Hall–Kier alpha value is -1.55. The van der Waals surface area contributed by atoms with Crippen LogP contribution in [0.2, 0.25) is 0 Å². The number of aliphatic hydroxyl groups excluding tert-OH is 1. The molecule has 1 N–H and O–H groups in total. The maximum Gasteiger partial charge on any atom is 0.338 e. The Balaban J connectivity index is 2.31. The zero-order valence-corrected chi connectivity index (χ0v) is 12.1. The van der Waals surface area contributed by atoms with Gasteiger partial charge in [0.05, 0.1) is 18.8 Å². The molecule has 1 aromatic rings. The molecule has 0 heterocycles. The molecule has 0 unspecified atom stereocenters. The van der Waals surface area contributed by atoms with E-state index in [9.17, 15) is 4.79 Å². The van der Waals surface area contributed by atoms with Crippen LogP contribution in [0.5, 0.6) is 5.75 Å². The Bertz CT molecular complexity index is 373. The number of unbranched alkanes of at least 4 members (excludes halogenated alkanes) is 3. The van der Waals surface area contributed by atoms with Crippen molar-refractivity contribution < 1.29 is 19.4 Å². The number of aliphatic hydroxyl groups is 1. The van der Waals surface area contributed by atoms with E-state index in [2.05, 4.69) is 6.92 Å². The first-order valence-electron chi connectivity index (χ1n) is 7.28. The van der Waals surface area contributed by atoms with Gasteiger partial charge >= 0.3 is 5.97 Å². The summed E-state index contributed by atoms with van der Waals surface area (Å²) in [5, 5.41) is 8.66. The van der Waals surface area contributed by atoms with Crippen molar-refractivity contribution in [3.8, 4) is 5.75 Å². The number of rotatable bonds is 10. The Kier molecular flexibility index (Phi) is 8.47. The van der Waals surface area contributed by atoms with Gasteiger partial charge in [0.1, 0.15) is 5.75 Å². The molecule has 0 aliphatic carbocycles. The number of benzene rings is 1. The van der Waals surface area contributed by atoms with E-state index in [4.69, 9.17) is 14.6 Å². The van der Waals surface area contributed by atoms with Crippen LogP contribution in [0.3, 0.4) is 0 Å². The topological polar surface area (TPSA) is 55.8 Å². The average Bonchev–Trinajstić information content (AvgIpc) is 2.48. The molecule has 1 aromatic carbocycles. The minimum atomic E-state index is -0.284. The summed E-state index contributed by atoms with van der Waals surface area (Å²) in [6.07, 6.45) is 4.65. The quantitative estimate of drug-likeness (QED) is 0.528. The molecule has 0 fully saturated rings. The first-order chi connectivity index (χ1) is 9.77. The number of ether oxygens (including phenoxy) is 2. The molecule has 4 heteroatoms. The maximum atomic E-state index is 11.7. The molecule has 0 saturated carbocycles. The molecule has 0 spiro atoms. The third kappa shape index (κ3) is 6.57. The van der Waals surface area contributed by atoms with Gasteiger partial charge < -0.3 is 14.6 Å². The first-order valence-corrected chi connectivity index (χ1v) is 7.28. The molecule has 0 saturated heterocycles. The van der Waals surface area contributed by atoms with Crippen LogP contribution in [0.15, 0.2) is 24.3 Å². The Morgan fingerprint density at radius 1 is 1.05 bits per heavy atom. The van der Waals surface area contributed by atoms with Gasteiger partial charge in [0.2, 0.25) is 0 Å². The lowest BCUT2D eigenvalue weighted by Gasteiger charge is -2.07. The van der Waals surface area contributed by atoms with Gasteiger partial charge in [-0.3, -0.25) is 0 Å². The van der Waals surface area contributed by atoms with Gasteiger partial charge in [-0.1, -0.05) is 19.8 Å². The fourth-order valence-electron chi connectivity index (χ4n) is 1.69. The van der Waals surface area contributed by atoms with Crippen LogP contribution in [0.4, 0.5) is 0 Å². The van der Waals surface area contributed by atoms with Gasteiger partial charge in [0.25, 0.3) is 0 Å². The van der Waals surface area contributed by atoms with Gasteiger partial charge in [-0.25, -0.2) is 4.79 Å². The van der Waals surface area contributed by atoms with Crippen LogP contribution in [-0.2, 0) is 4.74 Å². The highest BCUT2D eigenvalue weighted by Crippen LogP contribution is 2.13. The van der Waals surface area contributed by atoms with E-state index in [1.54, 1.807) is 24.3 Å². The van der Waals surface area contributed by atoms with Crippen molar-refractivity contribution in [3.05, 3.63) is 29.8 Å². The molecule has 4 nitrogen and oxygen atoms in total. The van der Waals surface area contributed by atoms with Gasteiger partial charge in [0, 0.05) is 6.61 Å². The highest BCUT2D eigenvalue weighted by atomic mass is 16.5. The Morgan fingerprint density at radius 2 is 1.75 bits per heavy atom. The second-order valence-corrected chi connectivity index (χ2v) is 4.65. The zero-order chi connectivity index (χ0) is 14.6. The van der Waals surface area contributed by atoms with Gasteiger partial charge in [0.15, 0.2) is 0 Å². The van der Waals surface area contributed by atoms with E-state index in [1.165, 1.54) is 0 Å². The van der Waals surface area contributed by atoms with E-state index in [0.29, 0.717) is 18.8 Å². The number of carbonyl (C=O) groups is 1. The lowest BCUT2D eigenvalue weighted by atomic mass is 10.2. The van der Waals surface area contributed by atoms with E-state index in [-0.39, 0.29) is 12.6 Å². The summed E-state index contributed by atoms with van der Waals surface area (Å²) in [6.45, 7) is 3.35. The summed E-state index contributed by atoms with van der Waals surface area (Å²) in [4.78, 5) is 11.7. The van der Waals surface area contributed by atoms with Gasteiger partial charge in [-0.05, 0) is 43.5 Å². The molecule has 1 rings (SSSR count). The van der Waals surface area contributed by atoms with Crippen LogP contribution in [0.1, 0.15) is 49.4 Å². The smallest absolute Gasteiger partial charge is 0.338 e. The molecule has 112 valence electrons. The Morgan fingerprint density at radius 3 is 2.40 bits per heavy atom. The number of hydrogen-bond donors (Lipinski definition) is 1. The van der Waals surface area contributed by atoms with Gasteiger partial charge in [-0.15, -0.1) is 0 Å². The molecule has 20 heavy (non-hydrogen) atoms. The summed E-state index contributed by atoms with van der Waals surface area (Å²) >= 11 is 0. The van der Waals surface area contributed by atoms with Gasteiger partial charge in [-0.2, -0.15) is 0 Å². The number of hydrogen-bond acceptors (Lipinski definition) is 4. The van der Waals surface area contributed by atoms with Crippen molar-refractivity contribution >= 4 is 5.97 Å². The van der Waals surface area contributed by atoms with Crippen molar-refractivity contribution in [2.45, 2.75) is 39.0 Å². The minimum absolute atomic E-state index is 0.187. The average molecular weight is 280 g/mol. The minimum Gasteiger partial charge on any atom is -0.494 e.